The largest absolute Gasteiger partial charge is 0.390 e. The molecule has 0 fully saturated rings. The molecule has 0 radical (unpaired) electrons. The van der Waals surface area contributed by atoms with Crippen LogP contribution in [0.5, 0.6) is 0 Å². The Balaban J connectivity index is 1.84. The van der Waals surface area contributed by atoms with Gasteiger partial charge in [-0.15, -0.1) is 0 Å². The van der Waals surface area contributed by atoms with Gasteiger partial charge in [-0.2, -0.15) is 0 Å². The van der Waals surface area contributed by atoms with Crippen molar-refractivity contribution < 1.29 is 9.59 Å². The van der Waals surface area contributed by atoms with Crippen molar-refractivity contribution in [3.63, 3.8) is 0 Å². The number of hydrogen-bond acceptors (Lipinski definition) is 2. The van der Waals surface area contributed by atoms with Gasteiger partial charge in [0.25, 0.3) is 0 Å². The summed E-state index contributed by atoms with van der Waals surface area (Å²) in [4.78, 5) is 4.77. The van der Waals surface area contributed by atoms with E-state index in [-0.39, 0.29) is 6.61 Å². The molecule has 1 atom stereocenters. The van der Waals surface area contributed by atoms with E-state index < -0.39 is 0 Å². The van der Waals surface area contributed by atoms with Crippen LogP contribution >= 0.6 is 0 Å². The minimum Gasteiger partial charge on any atom is -0.390 e. The molecular formula is C27H53N2O+. The molecular weight excluding hydrogens is 368 g/mol. The molecule has 1 aliphatic heterocycles. The zero-order valence-corrected chi connectivity index (χ0v) is 20.6. The van der Waals surface area contributed by atoms with Crippen LogP contribution in [0.15, 0.2) is 17.1 Å². The van der Waals surface area contributed by atoms with Crippen LogP contribution < -0.4 is 0 Å². The van der Waals surface area contributed by atoms with Gasteiger partial charge in [-0.1, -0.05) is 96.1 Å². The summed E-state index contributed by atoms with van der Waals surface area (Å²) in [5.41, 5.74) is 0. The third-order valence-electron chi connectivity index (χ3n) is 6.92. The maximum atomic E-state index is 9.40. The van der Waals surface area contributed by atoms with Gasteiger partial charge in [-0.3, -0.25) is 4.48 Å². The van der Waals surface area contributed by atoms with Crippen LogP contribution in [-0.4, -0.2) is 48.2 Å². The number of hydrogen-bond donors (Lipinski definition) is 1. The van der Waals surface area contributed by atoms with E-state index in [1.807, 2.05) is 0 Å². The van der Waals surface area contributed by atoms with Gasteiger partial charge in [0.2, 0.25) is 0 Å². The standard InChI is InChI=1S/C27H53N2O/c1-3-5-6-7-8-9-10-11-12-13-14-15-16-17-18-19-20-21-22-27-28-23-24-29(27,4-2)25-26-30/h7-8,30H,3-6,9-26H2,1-2H3/q+1/b8-7+. The molecule has 3 heteroatoms. The monoisotopic (exact) mass is 421 g/mol. The van der Waals surface area contributed by atoms with Crippen LogP contribution in [0.4, 0.5) is 0 Å². The highest BCUT2D eigenvalue weighted by Crippen LogP contribution is 2.20. The quantitative estimate of drug-likeness (QED) is 0.117. The van der Waals surface area contributed by atoms with Gasteiger partial charge in [0.05, 0.1) is 19.7 Å². The number of amidine groups is 1. The summed E-state index contributed by atoms with van der Waals surface area (Å²) < 4.78 is 0.951. The number of likely N-dealkylation sites (N-methyl/N-ethyl adjacent to an activating group) is 1. The van der Waals surface area contributed by atoms with E-state index in [9.17, 15) is 5.11 Å². The fourth-order valence-corrected chi connectivity index (χ4v) is 4.77. The van der Waals surface area contributed by atoms with Gasteiger partial charge in [0.1, 0.15) is 13.1 Å². The first-order valence-corrected chi connectivity index (χ1v) is 13.4. The number of allylic oxidation sites excluding steroid dienone is 2. The molecule has 1 aliphatic rings. The van der Waals surface area contributed by atoms with Crippen molar-refractivity contribution in [3.8, 4) is 0 Å². The Hall–Kier alpha value is -0.670. The summed E-state index contributed by atoms with van der Waals surface area (Å²) in [5, 5.41) is 9.40. The van der Waals surface area contributed by atoms with Crippen molar-refractivity contribution in [1.82, 2.24) is 0 Å². The first kappa shape index (κ1) is 27.4. The van der Waals surface area contributed by atoms with E-state index in [1.165, 1.54) is 109 Å². The fraction of sp³-hybridized carbons (Fsp3) is 0.889. The molecule has 0 aliphatic carbocycles. The molecule has 0 bridgehead atoms. The Kier molecular flexibility index (Phi) is 17.4. The third-order valence-corrected chi connectivity index (χ3v) is 6.92. The first-order chi connectivity index (χ1) is 14.8. The number of quaternary nitrogens is 1. The lowest BCUT2D eigenvalue weighted by molar-refractivity contribution is -0.835. The van der Waals surface area contributed by atoms with Crippen LogP contribution in [0.2, 0.25) is 0 Å². The van der Waals surface area contributed by atoms with Gasteiger partial charge in [-0.25, -0.2) is 4.99 Å². The van der Waals surface area contributed by atoms with E-state index in [1.54, 1.807) is 0 Å². The third kappa shape index (κ3) is 12.2. The predicted molar refractivity (Wildman–Crippen MR) is 133 cm³/mol. The zero-order chi connectivity index (χ0) is 21.8. The average Bonchev–Trinajstić information content (AvgIpc) is 3.16. The second-order valence-corrected chi connectivity index (χ2v) is 9.33. The number of aliphatic hydroxyl groups is 1. The Bertz CT molecular complexity index is 446. The number of nitrogens with zero attached hydrogens (tertiary/aromatic N) is 2. The van der Waals surface area contributed by atoms with E-state index >= 15 is 0 Å². The molecule has 1 N–H and O–H groups in total. The van der Waals surface area contributed by atoms with Crippen LogP contribution in [-0.2, 0) is 0 Å². The molecule has 0 amide bonds. The number of aliphatic hydroxyl groups excluding tert-OH is 1. The van der Waals surface area contributed by atoms with E-state index in [0.717, 1.165) is 37.1 Å². The highest BCUT2D eigenvalue weighted by atomic mass is 16.3. The van der Waals surface area contributed by atoms with Gasteiger partial charge >= 0.3 is 0 Å². The van der Waals surface area contributed by atoms with Crippen molar-refractivity contribution in [2.24, 2.45) is 4.99 Å². The smallest absolute Gasteiger partial charge is 0.198 e. The van der Waals surface area contributed by atoms with Gasteiger partial charge < -0.3 is 5.11 Å². The van der Waals surface area contributed by atoms with E-state index in [4.69, 9.17) is 4.99 Å². The maximum Gasteiger partial charge on any atom is 0.198 e. The first-order valence-electron chi connectivity index (χ1n) is 13.4. The fourth-order valence-electron chi connectivity index (χ4n) is 4.77. The highest BCUT2D eigenvalue weighted by molar-refractivity contribution is 5.76. The van der Waals surface area contributed by atoms with Crippen LogP contribution in [0, 0.1) is 0 Å². The molecule has 1 heterocycles. The molecule has 3 nitrogen and oxygen atoms in total. The SMILES string of the molecule is CCCC/C=C/CCCCCCCCCCCCCCC1=NCC[N+]1(CC)CCO. The summed E-state index contributed by atoms with van der Waals surface area (Å²) in [7, 11) is 0. The molecule has 176 valence electrons. The van der Waals surface area contributed by atoms with Crippen LogP contribution in [0.25, 0.3) is 0 Å². The minimum atomic E-state index is 0.281. The van der Waals surface area contributed by atoms with Crippen molar-refractivity contribution >= 4 is 5.84 Å². The number of rotatable bonds is 21. The Morgan fingerprint density at radius 1 is 0.767 bits per heavy atom. The summed E-state index contributed by atoms with van der Waals surface area (Å²) in [6, 6.07) is 0. The van der Waals surface area contributed by atoms with Crippen molar-refractivity contribution in [2.75, 3.05) is 32.8 Å². The second-order valence-electron chi connectivity index (χ2n) is 9.33. The van der Waals surface area contributed by atoms with Gasteiger partial charge in [0.15, 0.2) is 5.84 Å². The van der Waals surface area contributed by atoms with E-state index in [0.29, 0.717) is 0 Å². The molecule has 0 saturated carbocycles. The Morgan fingerprint density at radius 3 is 1.83 bits per heavy atom. The van der Waals surface area contributed by atoms with Gasteiger partial charge in [0, 0.05) is 6.42 Å². The molecule has 1 unspecified atom stereocenters. The lowest BCUT2D eigenvalue weighted by atomic mass is 10.0. The normalized spacial score (nSPS) is 19.1. The van der Waals surface area contributed by atoms with Crippen LogP contribution in [0.3, 0.4) is 0 Å². The minimum absolute atomic E-state index is 0.281. The molecule has 0 spiro atoms. The van der Waals surface area contributed by atoms with E-state index in [2.05, 4.69) is 26.0 Å². The highest BCUT2D eigenvalue weighted by Gasteiger charge is 2.35. The van der Waals surface area contributed by atoms with Crippen LogP contribution in [0.1, 0.15) is 123 Å². The molecule has 0 aromatic heterocycles. The maximum absolute atomic E-state index is 9.40. The van der Waals surface area contributed by atoms with Gasteiger partial charge in [-0.05, 0) is 32.6 Å². The predicted octanol–water partition coefficient (Wildman–Crippen LogP) is 7.44. The topological polar surface area (TPSA) is 32.6 Å². The lowest BCUT2D eigenvalue weighted by Crippen LogP contribution is -2.52. The Morgan fingerprint density at radius 2 is 1.30 bits per heavy atom. The Labute approximate surface area is 188 Å². The molecule has 0 aromatic carbocycles. The number of unbranched alkanes of at least 4 members (excludes halogenated alkanes) is 14. The molecule has 1 rings (SSSR count). The van der Waals surface area contributed by atoms with Crippen molar-refractivity contribution in [1.29, 1.82) is 0 Å². The average molecular weight is 422 g/mol. The summed E-state index contributed by atoms with van der Waals surface area (Å²) in [6.45, 7) is 8.77. The molecule has 0 saturated heterocycles. The second kappa shape index (κ2) is 19.0. The molecule has 30 heavy (non-hydrogen) atoms. The van der Waals surface area contributed by atoms with Crippen molar-refractivity contribution in [3.05, 3.63) is 12.2 Å². The summed E-state index contributed by atoms with van der Waals surface area (Å²) in [6.07, 6.45) is 27.9. The summed E-state index contributed by atoms with van der Waals surface area (Å²) in [5.74, 6) is 1.36. The molecule has 0 aromatic rings. The number of aliphatic imine (C=N–C) groups is 1. The lowest BCUT2D eigenvalue weighted by Gasteiger charge is -2.33. The zero-order valence-electron chi connectivity index (χ0n) is 20.6. The summed E-state index contributed by atoms with van der Waals surface area (Å²) >= 11 is 0. The van der Waals surface area contributed by atoms with Crippen molar-refractivity contribution in [2.45, 2.75) is 123 Å².